The molecule has 1 atom stereocenters. The first-order valence-electron chi connectivity index (χ1n) is 7.49. The molecule has 5 heteroatoms. The minimum absolute atomic E-state index is 0.0127. The van der Waals surface area contributed by atoms with Crippen LogP contribution in [-0.4, -0.2) is 22.7 Å². The van der Waals surface area contributed by atoms with Crippen molar-refractivity contribution in [1.82, 2.24) is 5.01 Å². The summed E-state index contributed by atoms with van der Waals surface area (Å²) in [4.78, 5) is 12.0. The molecule has 2 aromatic rings. The Labute approximate surface area is 144 Å². The Morgan fingerprint density at radius 3 is 2.61 bits per heavy atom. The first-order valence-corrected chi connectivity index (χ1v) is 8.28. The molecular weight excluding hydrogens is 354 g/mol. The number of carbonyl (C=O) groups excluding carboxylic acids is 1. The quantitative estimate of drug-likeness (QED) is 0.778. The van der Waals surface area contributed by atoms with Crippen molar-refractivity contribution in [2.45, 2.75) is 26.3 Å². The van der Waals surface area contributed by atoms with Crippen molar-refractivity contribution < 1.29 is 4.79 Å². The van der Waals surface area contributed by atoms with E-state index in [2.05, 4.69) is 33.2 Å². The summed E-state index contributed by atoms with van der Waals surface area (Å²) >= 11 is 3.53. The number of amides is 1. The highest BCUT2D eigenvalue weighted by Crippen LogP contribution is 2.26. The number of benzene rings is 2. The molecule has 118 valence electrons. The van der Waals surface area contributed by atoms with Crippen LogP contribution in [0.1, 0.15) is 30.5 Å². The SMILES string of the molecule is CC(=O)N1N=C(c2ccc(N)cc2)c2cc(Br)ccc2CC1C. The summed E-state index contributed by atoms with van der Waals surface area (Å²) in [6.45, 7) is 3.56. The lowest BCUT2D eigenvalue weighted by molar-refractivity contribution is -0.130. The van der Waals surface area contributed by atoms with Gasteiger partial charge in [0.1, 0.15) is 0 Å². The second-order valence-electron chi connectivity index (χ2n) is 5.79. The molecule has 1 aliphatic heterocycles. The van der Waals surface area contributed by atoms with Crippen molar-refractivity contribution in [3.05, 3.63) is 63.6 Å². The molecule has 0 saturated heterocycles. The van der Waals surface area contributed by atoms with Gasteiger partial charge in [-0.1, -0.05) is 34.1 Å². The highest BCUT2D eigenvalue weighted by molar-refractivity contribution is 9.10. The van der Waals surface area contributed by atoms with E-state index in [1.54, 1.807) is 11.9 Å². The first kappa shape index (κ1) is 15.7. The van der Waals surface area contributed by atoms with E-state index in [4.69, 9.17) is 5.73 Å². The van der Waals surface area contributed by atoms with Crippen molar-refractivity contribution in [2.24, 2.45) is 5.10 Å². The van der Waals surface area contributed by atoms with Crippen LogP contribution in [-0.2, 0) is 11.2 Å². The number of halogens is 1. The summed E-state index contributed by atoms with van der Waals surface area (Å²) in [6, 6.07) is 13.8. The Hall–Kier alpha value is -2.14. The van der Waals surface area contributed by atoms with E-state index < -0.39 is 0 Å². The van der Waals surface area contributed by atoms with Crippen molar-refractivity contribution in [1.29, 1.82) is 0 Å². The Bertz CT molecular complexity index is 783. The monoisotopic (exact) mass is 371 g/mol. The molecule has 0 aromatic heterocycles. The predicted molar refractivity (Wildman–Crippen MR) is 96.3 cm³/mol. The van der Waals surface area contributed by atoms with E-state index in [-0.39, 0.29) is 11.9 Å². The molecule has 1 aliphatic rings. The molecule has 0 radical (unpaired) electrons. The van der Waals surface area contributed by atoms with Gasteiger partial charge in [-0.2, -0.15) is 5.10 Å². The Kier molecular flexibility index (Phi) is 4.22. The lowest BCUT2D eigenvalue weighted by Crippen LogP contribution is -2.33. The van der Waals surface area contributed by atoms with Gasteiger partial charge in [0.15, 0.2) is 0 Å². The number of nitrogens with two attached hydrogens (primary N) is 1. The van der Waals surface area contributed by atoms with Crippen LogP contribution in [0.2, 0.25) is 0 Å². The third kappa shape index (κ3) is 3.15. The Balaban J connectivity index is 2.22. The molecule has 0 spiro atoms. The van der Waals surface area contributed by atoms with Crippen molar-refractivity contribution >= 4 is 33.2 Å². The largest absolute Gasteiger partial charge is 0.399 e. The second kappa shape index (κ2) is 6.16. The summed E-state index contributed by atoms with van der Waals surface area (Å²) in [5.41, 5.74) is 10.5. The molecule has 0 aliphatic carbocycles. The zero-order chi connectivity index (χ0) is 16.6. The normalized spacial score (nSPS) is 17.3. The molecule has 4 nitrogen and oxygen atoms in total. The third-order valence-corrected chi connectivity index (χ3v) is 4.47. The molecule has 1 heterocycles. The number of fused-ring (bicyclic) bond motifs is 1. The minimum Gasteiger partial charge on any atom is -0.399 e. The van der Waals surface area contributed by atoms with Crippen LogP contribution in [0, 0.1) is 0 Å². The van der Waals surface area contributed by atoms with Crippen molar-refractivity contribution in [2.75, 3.05) is 5.73 Å². The topological polar surface area (TPSA) is 58.7 Å². The van der Waals surface area contributed by atoms with Crippen LogP contribution in [0.5, 0.6) is 0 Å². The van der Waals surface area contributed by atoms with Gasteiger partial charge in [0.25, 0.3) is 0 Å². The molecule has 23 heavy (non-hydrogen) atoms. The van der Waals surface area contributed by atoms with Crippen LogP contribution < -0.4 is 5.73 Å². The van der Waals surface area contributed by atoms with Gasteiger partial charge in [0, 0.05) is 28.2 Å². The molecule has 0 bridgehead atoms. The van der Waals surface area contributed by atoms with Gasteiger partial charge in [-0.15, -0.1) is 0 Å². The second-order valence-corrected chi connectivity index (χ2v) is 6.70. The lowest BCUT2D eigenvalue weighted by Gasteiger charge is -2.21. The van der Waals surface area contributed by atoms with E-state index in [9.17, 15) is 4.79 Å². The standard InChI is InChI=1S/C18H18BrN3O/c1-11-9-14-3-6-15(19)10-17(14)18(21-22(11)12(2)23)13-4-7-16(20)8-5-13/h3-8,10-11H,9,20H2,1-2H3. The van der Waals surface area contributed by atoms with Gasteiger partial charge in [-0.25, -0.2) is 5.01 Å². The summed E-state index contributed by atoms with van der Waals surface area (Å²) < 4.78 is 0.989. The van der Waals surface area contributed by atoms with Gasteiger partial charge < -0.3 is 5.73 Å². The summed E-state index contributed by atoms with van der Waals surface area (Å²) in [7, 11) is 0. The highest BCUT2D eigenvalue weighted by atomic mass is 79.9. The van der Waals surface area contributed by atoms with E-state index >= 15 is 0 Å². The molecule has 1 unspecified atom stereocenters. The first-order chi connectivity index (χ1) is 11.0. The Morgan fingerprint density at radius 2 is 1.96 bits per heavy atom. The molecule has 0 fully saturated rings. The molecule has 3 rings (SSSR count). The summed E-state index contributed by atoms with van der Waals surface area (Å²) in [5.74, 6) is -0.0580. The molecule has 2 aromatic carbocycles. The number of hydrogen-bond donors (Lipinski definition) is 1. The van der Waals surface area contributed by atoms with Crippen LogP contribution in [0.15, 0.2) is 52.0 Å². The number of rotatable bonds is 1. The molecular formula is C18H18BrN3O. The number of anilines is 1. The van der Waals surface area contributed by atoms with E-state index in [1.807, 2.05) is 37.3 Å². The fraction of sp³-hybridized carbons (Fsp3) is 0.222. The predicted octanol–water partition coefficient (Wildman–Crippen LogP) is 3.58. The number of nitrogen functional groups attached to an aromatic ring is 1. The van der Waals surface area contributed by atoms with E-state index in [1.165, 1.54) is 5.56 Å². The smallest absolute Gasteiger partial charge is 0.239 e. The number of hydrogen-bond acceptors (Lipinski definition) is 3. The van der Waals surface area contributed by atoms with Gasteiger partial charge in [0.2, 0.25) is 5.91 Å². The average Bonchev–Trinajstić information content (AvgIpc) is 2.64. The van der Waals surface area contributed by atoms with Crippen LogP contribution >= 0.6 is 15.9 Å². The van der Waals surface area contributed by atoms with E-state index in [0.717, 1.165) is 27.7 Å². The maximum Gasteiger partial charge on any atom is 0.239 e. The lowest BCUT2D eigenvalue weighted by atomic mass is 9.95. The fourth-order valence-electron chi connectivity index (χ4n) is 2.85. The zero-order valence-corrected chi connectivity index (χ0v) is 14.7. The van der Waals surface area contributed by atoms with Crippen LogP contribution in [0.3, 0.4) is 0 Å². The fourth-order valence-corrected chi connectivity index (χ4v) is 3.21. The van der Waals surface area contributed by atoms with E-state index in [0.29, 0.717) is 5.69 Å². The van der Waals surface area contributed by atoms with Gasteiger partial charge >= 0.3 is 0 Å². The maximum atomic E-state index is 12.0. The van der Waals surface area contributed by atoms with Gasteiger partial charge in [-0.3, -0.25) is 4.79 Å². The zero-order valence-electron chi connectivity index (χ0n) is 13.1. The summed E-state index contributed by atoms with van der Waals surface area (Å²) in [6.07, 6.45) is 0.768. The number of carbonyl (C=O) groups is 1. The summed E-state index contributed by atoms with van der Waals surface area (Å²) in [5, 5.41) is 6.25. The number of nitrogens with zero attached hydrogens (tertiary/aromatic N) is 2. The van der Waals surface area contributed by atoms with Gasteiger partial charge in [-0.05, 0) is 43.2 Å². The van der Waals surface area contributed by atoms with Crippen molar-refractivity contribution in [3.63, 3.8) is 0 Å². The average molecular weight is 372 g/mol. The van der Waals surface area contributed by atoms with Crippen LogP contribution in [0.4, 0.5) is 5.69 Å². The van der Waals surface area contributed by atoms with Crippen molar-refractivity contribution in [3.8, 4) is 0 Å². The maximum absolute atomic E-state index is 12.0. The third-order valence-electron chi connectivity index (χ3n) is 3.97. The molecule has 0 saturated carbocycles. The number of hydrazone groups is 1. The van der Waals surface area contributed by atoms with Crippen LogP contribution in [0.25, 0.3) is 0 Å². The highest BCUT2D eigenvalue weighted by Gasteiger charge is 2.25. The Morgan fingerprint density at radius 1 is 1.26 bits per heavy atom. The molecule has 2 N–H and O–H groups in total. The minimum atomic E-state index is -0.0580. The van der Waals surface area contributed by atoms with Gasteiger partial charge in [0.05, 0.1) is 11.8 Å². The molecule has 1 amide bonds.